The van der Waals surface area contributed by atoms with Gasteiger partial charge in [-0.1, -0.05) is 60.7 Å². The molecule has 0 saturated heterocycles. The molecule has 8 nitrogen and oxygen atoms in total. The van der Waals surface area contributed by atoms with Crippen molar-refractivity contribution < 1.29 is 0 Å². The highest BCUT2D eigenvalue weighted by Gasteiger charge is 2.07. The Morgan fingerprint density at radius 3 is 1.34 bits per heavy atom. The first kappa shape index (κ1) is 26.1. The third-order valence-corrected chi connectivity index (χ3v) is 5.75. The molecule has 0 atom stereocenters. The molecule has 0 aliphatic carbocycles. The van der Waals surface area contributed by atoms with Gasteiger partial charge in [0.05, 0.1) is 0 Å². The molecule has 0 fully saturated rings. The van der Waals surface area contributed by atoms with Gasteiger partial charge in [0.1, 0.15) is 0 Å². The quantitative estimate of drug-likeness (QED) is 0.204. The van der Waals surface area contributed by atoms with E-state index in [1.807, 2.05) is 76.8 Å². The first-order valence-corrected chi connectivity index (χ1v) is 12.2. The molecule has 38 heavy (non-hydrogen) atoms. The zero-order valence-electron chi connectivity index (χ0n) is 22.1. The van der Waals surface area contributed by atoms with Crippen LogP contribution in [0.4, 0.5) is 23.0 Å². The van der Waals surface area contributed by atoms with Gasteiger partial charge in [0, 0.05) is 62.8 Å². The van der Waals surface area contributed by atoms with Gasteiger partial charge < -0.3 is 9.80 Å². The molecule has 0 amide bonds. The molecule has 1 heterocycles. The maximum atomic E-state index is 4.30. The second kappa shape index (κ2) is 12.8. The highest BCUT2D eigenvalue weighted by molar-refractivity contribution is 5.98. The number of rotatable bonds is 10. The molecular formula is C30H32N8. The molecule has 3 aromatic carbocycles. The predicted octanol–water partition coefficient (Wildman–Crippen LogP) is 5.98. The molecule has 0 aliphatic heterocycles. The smallest absolute Gasteiger partial charge is 0.176 e. The standard InChI is InChI=1S/C30H32N8/c1-37(2)25-17-13-23(14-18-25)9-7-21-31-33-29-27-11-5-6-12-28(27)30(36-35-29)34-32-22-8-10-24-15-19-26(20-16-24)38(3)4/h5-22H,1-4H3,(H,33,35)(H,34,36)/b9-7+,10-8+,31-21+,32-22+. The zero-order valence-corrected chi connectivity index (χ0v) is 22.1. The van der Waals surface area contributed by atoms with Crippen LogP contribution in [0.2, 0.25) is 0 Å². The molecule has 0 saturated carbocycles. The van der Waals surface area contributed by atoms with Crippen molar-refractivity contribution in [1.82, 2.24) is 10.2 Å². The highest BCUT2D eigenvalue weighted by Crippen LogP contribution is 2.25. The number of benzene rings is 3. The number of allylic oxidation sites excluding steroid dienone is 2. The summed E-state index contributed by atoms with van der Waals surface area (Å²) in [5.41, 5.74) is 10.5. The summed E-state index contributed by atoms with van der Waals surface area (Å²) in [7, 11) is 8.10. The van der Waals surface area contributed by atoms with Gasteiger partial charge >= 0.3 is 0 Å². The highest BCUT2D eigenvalue weighted by atomic mass is 15.4. The average molecular weight is 505 g/mol. The van der Waals surface area contributed by atoms with Gasteiger partial charge in [-0.15, -0.1) is 10.2 Å². The van der Waals surface area contributed by atoms with Gasteiger partial charge in [0.25, 0.3) is 0 Å². The lowest BCUT2D eigenvalue weighted by molar-refractivity contribution is 1.03. The molecule has 0 bridgehead atoms. The number of aromatic nitrogens is 2. The number of nitrogens with one attached hydrogen (secondary N) is 2. The van der Waals surface area contributed by atoms with E-state index in [2.05, 4.69) is 89.6 Å². The summed E-state index contributed by atoms with van der Waals surface area (Å²) in [6, 6.07) is 24.4. The van der Waals surface area contributed by atoms with Crippen molar-refractivity contribution in [2.24, 2.45) is 10.2 Å². The SMILES string of the molecule is CN(C)c1ccc(/C=C/C=N/Nc2nnc(N/N=C/C=C/c3ccc(N(C)C)cc3)c3ccccc23)cc1. The Labute approximate surface area is 223 Å². The normalized spacial score (nSPS) is 11.8. The Hall–Kier alpha value is -4.98. The Kier molecular flexibility index (Phi) is 8.80. The van der Waals surface area contributed by atoms with Gasteiger partial charge in [-0.05, 0) is 47.5 Å². The third-order valence-electron chi connectivity index (χ3n) is 5.75. The number of nitrogens with zero attached hydrogens (tertiary/aromatic N) is 6. The Balaban J connectivity index is 1.37. The summed E-state index contributed by atoms with van der Waals surface area (Å²) in [6.45, 7) is 0. The summed E-state index contributed by atoms with van der Waals surface area (Å²) in [6.07, 6.45) is 11.1. The first-order valence-electron chi connectivity index (χ1n) is 12.2. The van der Waals surface area contributed by atoms with Crippen LogP contribution >= 0.6 is 0 Å². The fourth-order valence-corrected chi connectivity index (χ4v) is 3.63. The Bertz CT molecular complexity index is 1340. The van der Waals surface area contributed by atoms with Gasteiger partial charge in [-0.25, -0.2) is 0 Å². The number of anilines is 4. The van der Waals surface area contributed by atoms with E-state index in [1.54, 1.807) is 12.4 Å². The van der Waals surface area contributed by atoms with Crippen LogP contribution in [0, 0.1) is 0 Å². The average Bonchev–Trinajstić information content (AvgIpc) is 2.94. The maximum absolute atomic E-state index is 4.30. The lowest BCUT2D eigenvalue weighted by atomic mass is 10.2. The summed E-state index contributed by atoms with van der Waals surface area (Å²) < 4.78 is 0. The summed E-state index contributed by atoms with van der Waals surface area (Å²) in [4.78, 5) is 4.14. The summed E-state index contributed by atoms with van der Waals surface area (Å²) in [5.74, 6) is 1.13. The molecule has 1 aromatic heterocycles. The molecule has 0 spiro atoms. The molecule has 4 aromatic rings. The second-order valence-corrected chi connectivity index (χ2v) is 8.91. The van der Waals surface area contributed by atoms with E-state index in [0.717, 1.165) is 33.3 Å². The fraction of sp³-hybridized carbons (Fsp3) is 0.133. The molecule has 8 heteroatoms. The summed E-state index contributed by atoms with van der Waals surface area (Å²) in [5, 5.41) is 18.9. The van der Waals surface area contributed by atoms with Crippen molar-refractivity contribution in [2.75, 3.05) is 48.8 Å². The minimum Gasteiger partial charge on any atom is -0.378 e. The van der Waals surface area contributed by atoms with Gasteiger partial charge in [-0.2, -0.15) is 10.2 Å². The van der Waals surface area contributed by atoms with E-state index in [0.29, 0.717) is 11.6 Å². The molecule has 0 aliphatic rings. The van der Waals surface area contributed by atoms with Crippen molar-refractivity contribution in [3.63, 3.8) is 0 Å². The van der Waals surface area contributed by atoms with Crippen molar-refractivity contribution in [2.45, 2.75) is 0 Å². The lowest BCUT2D eigenvalue weighted by Gasteiger charge is -2.11. The van der Waals surface area contributed by atoms with Crippen LogP contribution in [0.25, 0.3) is 22.9 Å². The fourth-order valence-electron chi connectivity index (χ4n) is 3.63. The van der Waals surface area contributed by atoms with E-state index in [1.165, 1.54) is 0 Å². The van der Waals surface area contributed by atoms with Crippen LogP contribution < -0.4 is 20.7 Å². The minimum atomic E-state index is 0.566. The predicted molar refractivity (Wildman–Crippen MR) is 163 cm³/mol. The van der Waals surface area contributed by atoms with Crippen LogP contribution in [0.15, 0.2) is 95.2 Å². The topological polar surface area (TPSA) is 81.0 Å². The van der Waals surface area contributed by atoms with Crippen molar-refractivity contribution >= 4 is 58.4 Å². The van der Waals surface area contributed by atoms with E-state index in [-0.39, 0.29) is 0 Å². The largest absolute Gasteiger partial charge is 0.378 e. The van der Waals surface area contributed by atoms with Crippen LogP contribution in [0.5, 0.6) is 0 Å². The number of hydrogen-bond donors (Lipinski definition) is 2. The van der Waals surface area contributed by atoms with Crippen LogP contribution in [-0.4, -0.2) is 50.8 Å². The second-order valence-electron chi connectivity index (χ2n) is 8.91. The van der Waals surface area contributed by atoms with Crippen LogP contribution in [0.3, 0.4) is 0 Å². The molecule has 0 unspecified atom stereocenters. The van der Waals surface area contributed by atoms with E-state index in [9.17, 15) is 0 Å². The molecule has 2 N–H and O–H groups in total. The Morgan fingerprint density at radius 2 is 0.974 bits per heavy atom. The zero-order chi connectivity index (χ0) is 26.7. The van der Waals surface area contributed by atoms with E-state index in [4.69, 9.17) is 0 Å². The number of hydrogen-bond acceptors (Lipinski definition) is 8. The van der Waals surface area contributed by atoms with Crippen LogP contribution in [-0.2, 0) is 0 Å². The third kappa shape index (κ3) is 7.04. The van der Waals surface area contributed by atoms with E-state index < -0.39 is 0 Å². The summed E-state index contributed by atoms with van der Waals surface area (Å²) >= 11 is 0. The molecule has 192 valence electrons. The van der Waals surface area contributed by atoms with Gasteiger partial charge in [0.15, 0.2) is 11.6 Å². The lowest BCUT2D eigenvalue weighted by Crippen LogP contribution is -2.07. The van der Waals surface area contributed by atoms with E-state index >= 15 is 0 Å². The van der Waals surface area contributed by atoms with Crippen molar-refractivity contribution in [3.05, 3.63) is 96.1 Å². The molecule has 0 radical (unpaired) electrons. The van der Waals surface area contributed by atoms with Crippen molar-refractivity contribution in [3.8, 4) is 0 Å². The van der Waals surface area contributed by atoms with Crippen molar-refractivity contribution in [1.29, 1.82) is 0 Å². The Morgan fingerprint density at radius 1 is 0.579 bits per heavy atom. The maximum Gasteiger partial charge on any atom is 0.176 e. The first-order chi connectivity index (χ1) is 18.5. The monoisotopic (exact) mass is 504 g/mol. The number of fused-ring (bicyclic) bond motifs is 1. The molecular weight excluding hydrogens is 472 g/mol. The molecule has 4 rings (SSSR count). The minimum absolute atomic E-state index is 0.566. The van der Waals surface area contributed by atoms with Gasteiger partial charge in [-0.3, -0.25) is 10.9 Å². The van der Waals surface area contributed by atoms with Crippen LogP contribution in [0.1, 0.15) is 11.1 Å². The van der Waals surface area contributed by atoms with Gasteiger partial charge in [0.2, 0.25) is 0 Å². The number of hydrazone groups is 2.